The summed E-state index contributed by atoms with van der Waals surface area (Å²) in [6.45, 7) is 5.75. The molecular formula is C23H22Cl2O3S. The van der Waals surface area contributed by atoms with Gasteiger partial charge in [0.25, 0.3) is 0 Å². The molecule has 0 bridgehead atoms. The molecule has 3 nitrogen and oxygen atoms in total. The molecule has 152 valence electrons. The Balaban J connectivity index is 2.09. The molecule has 0 fully saturated rings. The number of aromatic hydroxyl groups is 1. The summed E-state index contributed by atoms with van der Waals surface area (Å²) < 4.78 is 26.8. The van der Waals surface area contributed by atoms with Crippen molar-refractivity contribution in [2.75, 3.05) is 0 Å². The van der Waals surface area contributed by atoms with E-state index in [2.05, 4.69) is 6.07 Å². The average Bonchev–Trinajstić information content (AvgIpc) is 2.58. The Bertz CT molecular complexity index is 1180. The molecule has 0 aromatic heterocycles. The van der Waals surface area contributed by atoms with Gasteiger partial charge in [-0.2, -0.15) is 0 Å². The number of halogens is 2. The predicted octanol–water partition coefficient (Wildman–Crippen LogP) is 6.19. The van der Waals surface area contributed by atoms with E-state index in [1.165, 1.54) is 12.1 Å². The summed E-state index contributed by atoms with van der Waals surface area (Å²) in [4.78, 5) is 0.292. The SMILES string of the molecule is Cc1cccc(Cc2cc(C)cc(C)c2S(=O)(=O)Cc2cc(Cl)cc(Cl)c2O)c1. The maximum absolute atomic E-state index is 13.4. The van der Waals surface area contributed by atoms with Gasteiger partial charge in [-0.05, 0) is 56.0 Å². The van der Waals surface area contributed by atoms with E-state index >= 15 is 0 Å². The number of phenolic OH excluding ortho intramolecular Hbond substituents is 1. The quantitative estimate of drug-likeness (QED) is 0.506. The third kappa shape index (κ3) is 4.95. The summed E-state index contributed by atoms with van der Waals surface area (Å²) in [5.74, 6) is -0.645. The summed E-state index contributed by atoms with van der Waals surface area (Å²) in [6.07, 6.45) is 0.501. The van der Waals surface area contributed by atoms with Gasteiger partial charge in [0.15, 0.2) is 9.84 Å². The van der Waals surface area contributed by atoms with Crippen molar-refractivity contribution in [1.82, 2.24) is 0 Å². The van der Waals surface area contributed by atoms with Gasteiger partial charge in [0.05, 0.1) is 15.7 Å². The number of rotatable bonds is 5. The zero-order valence-electron chi connectivity index (χ0n) is 16.5. The van der Waals surface area contributed by atoms with Gasteiger partial charge in [0.1, 0.15) is 5.75 Å². The minimum Gasteiger partial charge on any atom is -0.506 e. The second-order valence-corrected chi connectivity index (χ2v) is 10.2. The molecule has 3 rings (SSSR count). The van der Waals surface area contributed by atoms with Crippen molar-refractivity contribution in [3.8, 4) is 5.75 Å². The lowest BCUT2D eigenvalue weighted by molar-refractivity contribution is 0.470. The van der Waals surface area contributed by atoms with Crippen molar-refractivity contribution < 1.29 is 13.5 Å². The Morgan fingerprint density at radius 3 is 2.31 bits per heavy atom. The first-order valence-electron chi connectivity index (χ1n) is 9.12. The van der Waals surface area contributed by atoms with Crippen LogP contribution in [0.1, 0.15) is 33.4 Å². The highest BCUT2D eigenvalue weighted by Gasteiger charge is 2.24. The predicted molar refractivity (Wildman–Crippen MR) is 119 cm³/mol. The van der Waals surface area contributed by atoms with Crippen molar-refractivity contribution >= 4 is 33.0 Å². The Morgan fingerprint density at radius 1 is 0.897 bits per heavy atom. The van der Waals surface area contributed by atoms with Crippen LogP contribution < -0.4 is 0 Å². The van der Waals surface area contributed by atoms with Crippen LogP contribution in [0.4, 0.5) is 0 Å². The highest BCUT2D eigenvalue weighted by atomic mass is 35.5. The second-order valence-electron chi connectivity index (χ2n) is 7.39. The Labute approximate surface area is 181 Å². The number of phenols is 1. The molecule has 0 amide bonds. The molecule has 0 aliphatic carbocycles. The van der Waals surface area contributed by atoms with E-state index in [4.69, 9.17) is 23.2 Å². The number of hydrogen-bond donors (Lipinski definition) is 1. The maximum atomic E-state index is 13.4. The van der Waals surface area contributed by atoms with Crippen LogP contribution in [0.5, 0.6) is 5.75 Å². The largest absolute Gasteiger partial charge is 0.506 e. The van der Waals surface area contributed by atoms with Crippen LogP contribution >= 0.6 is 23.2 Å². The maximum Gasteiger partial charge on any atom is 0.183 e. The minimum absolute atomic E-state index is 0.0308. The molecule has 0 radical (unpaired) electrons. The van der Waals surface area contributed by atoms with Gasteiger partial charge in [0.2, 0.25) is 0 Å². The smallest absolute Gasteiger partial charge is 0.183 e. The van der Waals surface area contributed by atoms with Crippen molar-refractivity contribution in [3.05, 3.63) is 92.0 Å². The van der Waals surface area contributed by atoms with E-state index in [1.54, 1.807) is 6.92 Å². The van der Waals surface area contributed by atoms with Gasteiger partial charge in [0, 0.05) is 10.6 Å². The third-order valence-electron chi connectivity index (χ3n) is 4.74. The average molecular weight is 449 g/mol. The first kappa shape index (κ1) is 21.7. The number of benzene rings is 3. The first-order chi connectivity index (χ1) is 13.6. The molecule has 0 aliphatic rings. The number of hydrogen-bond acceptors (Lipinski definition) is 3. The van der Waals surface area contributed by atoms with Gasteiger partial charge in [-0.1, -0.05) is 70.7 Å². The second kappa shape index (κ2) is 8.39. The van der Waals surface area contributed by atoms with Crippen molar-refractivity contribution in [1.29, 1.82) is 0 Å². The molecule has 0 unspecified atom stereocenters. The molecular weight excluding hydrogens is 427 g/mol. The van der Waals surface area contributed by atoms with Gasteiger partial charge < -0.3 is 5.11 Å². The van der Waals surface area contributed by atoms with E-state index in [0.29, 0.717) is 16.9 Å². The normalized spacial score (nSPS) is 11.6. The van der Waals surface area contributed by atoms with Crippen molar-refractivity contribution in [2.45, 2.75) is 37.8 Å². The fourth-order valence-corrected chi connectivity index (χ4v) is 6.06. The molecule has 0 spiro atoms. The Hall–Kier alpha value is -2.01. The van der Waals surface area contributed by atoms with E-state index in [9.17, 15) is 13.5 Å². The van der Waals surface area contributed by atoms with Gasteiger partial charge in [-0.25, -0.2) is 8.42 Å². The zero-order valence-corrected chi connectivity index (χ0v) is 18.8. The molecule has 0 atom stereocenters. The summed E-state index contributed by atoms with van der Waals surface area (Å²) >= 11 is 12.0. The van der Waals surface area contributed by atoms with Crippen LogP contribution in [0, 0.1) is 20.8 Å². The topological polar surface area (TPSA) is 54.4 Å². The molecule has 29 heavy (non-hydrogen) atoms. The summed E-state index contributed by atoms with van der Waals surface area (Å²) in [5.41, 5.74) is 4.76. The standard InChI is InChI=1S/C23H22Cl2O3S/c1-14-5-4-6-17(8-14)10-18-9-15(2)7-16(3)23(18)29(27,28)13-19-11-20(24)12-21(25)22(19)26/h4-9,11-12,26H,10,13H2,1-3H3. The van der Waals surface area contributed by atoms with Crippen LogP contribution in [0.3, 0.4) is 0 Å². The van der Waals surface area contributed by atoms with E-state index in [0.717, 1.165) is 22.3 Å². The Kier molecular flexibility index (Phi) is 6.27. The highest BCUT2D eigenvalue weighted by Crippen LogP contribution is 2.35. The van der Waals surface area contributed by atoms with E-state index < -0.39 is 9.84 Å². The lowest BCUT2D eigenvalue weighted by Crippen LogP contribution is -2.11. The molecule has 3 aromatic carbocycles. The molecule has 0 saturated carbocycles. The van der Waals surface area contributed by atoms with Crippen LogP contribution in [-0.4, -0.2) is 13.5 Å². The fraction of sp³-hybridized carbons (Fsp3) is 0.217. The zero-order chi connectivity index (χ0) is 21.3. The fourth-order valence-electron chi connectivity index (χ4n) is 3.67. The highest BCUT2D eigenvalue weighted by molar-refractivity contribution is 7.90. The summed E-state index contributed by atoms with van der Waals surface area (Å²) in [7, 11) is -3.75. The summed E-state index contributed by atoms with van der Waals surface area (Å²) in [5, 5.41) is 10.5. The molecule has 1 N–H and O–H groups in total. The monoisotopic (exact) mass is 448 g/mol. The van der Waals surface area contributed by atoms with Gasteiger partial charge in [-0.15, -0.1) is 0 Å². The van der Waals surface area contributed by atoms with Crippen molar-refractivity contribution in [2.24, 2.45) is 0 Å². The third-order valence-corrected chi connectivity index (χ3v) is 7.14. The number of sulfone groups is 1. The van der Waals surface area contributed by atoms with E-state index in [-0.39, 0.29) is 27.1 Å². The molecule has 3 aromatic rings. The molecule has 0 saturated heterocycles. The summed E-state index contributed by atoms with van der Waals surface area (Å²) in [6, 6.07) is 14.6. The van der Waals surface area contributed by atoms with Crippen LogP contribution in [0.2, 0.25) is 10.0 Å². The Morgan fingerprint density at radius 2 is 1.62 bits per heavy atom. The van der Waals surface area contributed by atoms with Crippen LogP contribution in [0.25, 0.3) is 0 Å². The first-order valence-corrected chi connectivity index (χ1v) is 11.5. The lowest BCUT2D eigenvalue weighted by atomic mass is 9.99. The van der Waals surface area contributed by atoms with Gasteiger partial charge in [-0.3, -0.25) is 0 Å². The molecule has 0 heterocycles. The van der Waals surface area contributed by atoms with Crippen LogP contribution in [-0.2, 0) is 22.0 Å². The van der Waals surface area contributed by atoms with Crippen LogP contribution in [0.15, 0.2) is 53.4 Å². The van der Waals surface area contributed by atoms with Gasteiger partial charge >= 0.3 is 0 Å². The van der Waals surface area contributed by atoms with E-state index in [1.807, 2.05) is 44.2 Å². The number of aryl methyl sites for hydroxylation is 3. The molecule has 0 aliphatic heterocycles. The minimum atomic E-state index is -3.75. The molecule has 6 heteroatoms. The van der Waals surface area contributed by atoms with Crippen molar-refractivity contribution in [3.63, 3.8) is 0 Å². The lowest BCUT2D eigenvalue weighted by Gasteiger charge is -2.16.